The van der Waals surface area contributed by atoms with E-state index in [1.54, 1.807) is 0 Å². The third-order valence-electron chi connectivity index (χ3n) is 4.52. The normalized spacial score (nSPS) is 19.0. The van der Waals surface area contributed by atoms with E-state index < -0.39 is 0 Å². The first kappa shape index (κ1) is 24.6. The van der Waals surface area contributed by atoms with Crippen LogP contribution in [0.15, 0.2) is 59.8 Å². The van der Waals surface area contributed by atoms with E-state index >= 15 is 0 Å². The molecule has 1 aliphatic rings. The molecule has 1 heteroatoms. The Balaban J connectivity index is 2.34. The fourth-order valence-electron chi connectivity index (χ4n) is 2.85. The van der Waals surface area contributed by atoms with Gasteiger partial charge in [-0.15, -0.1) is 0 Å². The molecule has 0 saturated carbocycles. The Labute approximate surface area is 179 Å². The maximum Gasteiger partial charge on any atom is 0.0133 e. The van der Waals surface area contributed by atoms with Crippen LogP contribution in [-0.4, -0.2) is 11.5 Å². The first-order valence-corrected chi connectivity index (χ1v) is 12.2. The van der Waals surface area contributed by atoms with Crippen molar-refractivity contribution in [3.05, 3.63) is 59.8 Å². The van der Waals surface area contributed by atoms with Crippen LogP contribution in [0.1, 0.15) is 72.6 Å². The van der Waals surface area contributed by atoms with Gasteiger partial charge in [0.15, 0.2) is 0 Å². The zero-order valence-electron chi connectivity index (χ0n) is 18.5. The van der Waals surface area contributed by atoms with E-state index in [0.29, 0.717) is 5.92 Å². The molecular weight excluding hydrogens is 356 g/mol. The van der Waals surface area contributed by atoms with Crippen LogP contribution in [-0.2, 0) is 0 Å². The Morgan fingerprint density at radius 1 is 1.25 bits per heavy atom. The molecule has 0 saturated heterocycles. The number of hydrogen-bond acceptors (Lipinski definition) is 1. The van der Waals surface area contributed by atoms with Crippen molar-refractivity contribution < 1.29 is 0 Å². The second-order valence-electron chi connectivity index (χ2n) is 7.95. The van der Waals surface area contributed by atoms with Crippen molar-refractivity contribution in [2.45, 2.75) is 72.6 Å². The van der Waals surface area contributed by atoms with Gasteiger partial charge in [-0.25, -0.2) is 0 Å². The molecule has 1 rings (SSSR count). The molecular formula is C27H40S. The van der Waals surface area contributed by atoms with Gasteiger partial charge in [-0.1, -0.05) is 86.3 Å². The maximum atomic E-state index is 3.30. The highest BCUT2D eigenvalue weighted by Gasteiger charge is 1.99. The SMILES string of the molecule is CCC1=C[C@@H](/C=C/C/C(C)=C/C#CCCCCSCC(C)C)C=CCC/C=C\1. The molecule has 0 radical (unpaired) electrons. The number of allylic oxidation sites excluding steroid dienone is 10. The Hall–Kier alpha value is -1.39. The highest BCUT2D eigenvalue weighted by Crippen LogP contribution is 2.16. The lowest BCUT2D eigenvalue weighted by molar-refractivity contribution is 0.748. The van der Waals surface area contributed by atoms with Crippen molar-refractivity contribution in [3.63, 3.8) is 0 Å². The van der Waals surface area contributed by atoms with Crippen molar-refractivity contribution in [1.82, 2.24) is 0 Å². The van der Waals surface area contributed by atoms with Gasteiger partial charge in [0, 0.05) is 12.3 Å². The summed E-state index contributed by atoms with van der Waals surface area (Å²) in [7, 11) is 0. The van der Waals surface area contributed by atoms with Gasteiger partial charge in [-0.2, -0.15) is 11.8 Å². The number of unbranched alkanes of at least 4 members (excludes halogenated alkanes) is 2. The summed E-state index contributed by atoms with van der Waals surface area (Å²) in [5, 5.41) is 0. The maximum absolute atomic E-state index is 3.30. The zero-order valence-corrected chi connectivity index (χ0v) is 19.4. The predicted molar refractivity (Wildman–Crippen MR) is 131 cm³/mol. The molecule has 0 unspecified atom stereocenters. The molecule has 0 N–H and O–H groups in total. The Bertz CT molecular complexity index is 616. The molecule has 154 valence electrons. The summed E-state index contributed by atoms with van der Waals surface area (Å²) in [5.41, 5.74) is 2.77. The highest BCUT2D eigenvalue weighted by atomic mass is 32.2. The fourth-order valence-corrected chi connectivity index (χ4v) is 3.89. The first-order chi connectivity index (χ1) is 13.6. The molecule has 1 atom stereocenters. The lowest BCUT2D eigenvalue weighted by Crippen LogP contribution is -1.92. The van der Waals surface area contributed by atoms with Crippen molar-refractivity contribution >= 4 is 11.8 Å². The summed E-state index contributed by atoms with van der Waals surface area (Å²) in [6.45, 7) is 8.98. The predicted octanol–water partition coefficient (Wildman–Crippen LogP) is 8.30. The molecule has 0 aromatic rings. The lowest BCUT2D eigenvalue weighted by Gasteiger charge is -2.04. The van der Waals surface area contributed by atoms with Crippen LogP contribution < -0.4 is 0 Å². The number of hydrogen-bond donors (Lipinski definition) is 0. The van der Waals surface area contributed by atoms with E-state index in [1.165, 1.54) is 35.5 Å². The van der Waals surface area contributed by atoms with Crippen LogP contribution in [0.2, 0.25) is 0 Å². The minimum Gasteiger partial charge on any atom is -0.162 e. The molecule has 0 aliphatic heterocycles. The minimum absolute atomic E-state index is 0.408. The smallest absolute Gasteiger partial charge is 0.0133 e. The molecule has 0 nitrogen and oxygen atoms in total. The van der Waals surface area contributed by atoms with Crippen molar-refractivity contribution in [2.24, 2.45) is 11.8 Å². The van der Waals surface area contributed by atoms with E-state index in [-0.39, 0.29) is 0 Å². The molecule has 28 heavy (non-hydrogen) atoms. The fraction of sp³-hybridized carbons (Fsp3) is 0.556. The highest BCUT2D eigenvalue weighted by molar-refractivity contribution is 7.99. The van der Waals surface area contributed by atoms with Crippen molar-refractivity contribution in [3.8, 4) is 11.8 Å². The zero-order chi connectivity index (χ0) is 20.5. The third-order valence-corrected chi connectivity index (χ3v) is 6.00. The molecule has 0 bridgehead atoms. The molecule has 0 aromatic heterocycles. The molecule has 1 aliphatic carbocycles. The van der Waals surface area contributed by atoms with Gasteiger partial charge >= 0.3 is 0 Å². The monoisotopic (exact) mass is 396 g/mol. The van der Waals surface area contributed by atoms with Gasteiger partial charge in [0.25, 0.3) is 0 Å². The Kier molecular flexibility index (Phi) is 14.6. The summed E-state index contributed by atoms with van der Waals surface area (Å²) in [6.07, 6.45) is 26.2. The summed E-state index contributed by atoms with van der Waals surface area (Å²) in [5.74, 6) is 10.3. The second-order valence-corrected chi connectivity index (χ2v) is 9.10. The average Bonchev–Trinajstić information content (AvgIpc) is 2.78. The van der Waals surface area contributed by atoms with E-state index in [9.17, 15) is 0 Å². The van der Waals surface area contributed by atoms with Gasteiger partial charge in [-0.05, 0) is 68.9 Å². The topological polar surface area (TPSA) is 0 Å². The quantitative estimate of drug-likeness (QED) is 0.203. The van der Waals surface area contributed by atoms with Crippen LogP contribution in [0.4, 0.5) is 0 Å². The van der Waals surface area contributed by atoms with E-state index in [0.717, 1.165) is 38.0 Å². The van der Waals surface area contributed by atoms with Gasteiger partial charge in [0.05, 0.1) is 0 Å². The van der Waals surface area contributed by atoms with Gasteiger partial charge < -0.3 is 0 Å². The van der Waals surface area contributed by atoms with Gasteiger partial charge in [-0.3, -0.25) is 0 Å². The molecule has 0 fully saturated rings. The molecule has 0 heterocycles. The first-order valence-electron chi connectivity index (χ1n) is 11.0. The number of thioether (sulfide) groups is 1. The lowest BCUT2D eigenvalue weighted by atomic mass is 10.0. The standard InChI is InChI=1S/C27H40S/c1-5-26-18-12-8-9-13-19-27(22-26)20-15-17-25(4)16-11-7-6-10-14-21-28-23-24(2)3/h12-13,15-16,18-20,22,24,27H,5-6,8-10,14,17,21,23H2,1-4H3/b18-12-,19-13?,20-15+,25-16+,26-22?/t27-/m1/s1. The van der Waals surface area contributed by atoms with E-state index in [4.69, 9.17) is 0 Å². The number of rotatable bonds is 10. The summed E-state index contributed by atoms with van der Waals surface area (Å²) in [4.78, 5) is 0. The summed E-state index contributed by atoms with van der Waals surface area (Å²) >= 11 is 2.08. The Morgan fingerprint density at radius 2 is 2.07 bits per heavy atom. The molecule has 0 aromatic carbocycles. The van der Waals surface area contributed by atoms with Crippen molar-refractivity contribution in [1.29, 1.82) is 0 Å². The van der Waals surface area contributed by atoms with Crippen molar-refractivity contribution in [2.75, 3.05) is 11.5 Å². The van der Waals surface area contributed by atoms with Gasteiger partial charge in [0.1, 0.15) is 0 Å². The van der Waals surface area contributed by atoms with Crippen LogP contribution in [0.3, 0.4) is 0 Å². The van der Waals surface area contributed by atoms with Crippen LogP contribution >= 0.6 is 11.8 Å². The molecule has 0 spiro atoms. The largest absolute Gasteiger partial charge is 0.162 e. The third kappa shape index (κ3) is 13.7. The van der Waals surface area contributed by atoms with E-state index in [2.05, 4.69) is 99.9 Å². The Morgan fingerprint density at radius 3 is 2.86 bits per heavy atom. The summed E-state index contributed by atoms with van der Waals surface area (Å²) < 4.78 is 0. The van der Waals surface area contributed by atoms with Gasteiger partial charge in [0.2, 0.25) is 0 Å². The second kappa shape index (κ2) is 16.6. The van der Waals surface area contributed by atoms with Crippen LogP contribution in [0.5, 0.6) is 0 Å². The minimum atomic E-state index is 0.408. The van der Waals surface area contributed by atoms with Crippen LogP contribution in [0.25, 0.3) is 0 Å². The average molecular weight is 397 g/mol. The molecule has 0 amide bonds. The van der Waals surface area contributed by atoms with E-state index in [1.807, 2.05) is 0 Å². The summed E-state index contributed by atoms with van der Waals surface area (Å²) in [6, 6.07) is 0. The van der Waals surface area contributed by atoms with Crippen LogP contribution in [0, 0.1) is 23.7 Å².